The van der Waals surface area contributed by atoms with Crippen LogP contribution >= 0.6 is 0 Å². The van der Waals surface area contributed by atoms with E-state index < -0.39 is 5.97 Å². The highest BCUT2D eigenvalue weighted by Crippen LogP contribution is 2.10. The first-order valence-corrected chi connectivity index (χ1v) is 7.54. The summed E-state index contributed by atoms with van der Waals surface area (Å²) in [6, 6.07) is 0. The first-order chi connectivity index (χ1) is 9.04. The quantitative estimate of drug-likeness (QED) is 0.561. The predicted octanol–water partition coefficient (Wildman–Crippen LogP) is 3.87. The van der Waals surface area contributed by atoms with Gasteiger partial charge in [0, 0.05) is 12.8 Å². The molecule has 0 aromatic heterocycles. The van der Waals surface area contributed by atoms with Gasteiger partial charge in [-0.2, -0.15) is 0 Å². The molecule has 0 saturated heterocycles. The van der Waals surface area contributed by atoms with Crippen molar-refractivity contribution in [2.45, 2.75) is 84.5 Å². The zero-order valence-corrected chi connectivity index (χ0v) is 12.6. The summed E-state index contributed by atoms with van der Waals surface area (Å²) in [4.78, 5) is 19.8. The van der Waals surface area contributed by atoms with E-state index in [1.165, 1.54) is 44.9 Å². The maximum absolute atomic E-state index is 10.4. The molecule has 0 aliphatic rings. The molecule has 0 aliphatic heterocycles. The molecule has 4 heteroatoms. The number of nitrogens with two attached hydrogens (primary N) is 1. The second-order valence-corrected chi connectivity index (χ2v) is 4.79. The maximum atomic E-state index is 10.4. The summed E-state index contributed by atoms with van der Waals surface area (Å²) in [5.41, 5.74) is 5.05. The highest BCUT2D eigenvalue weighted by molar-refractivity contribution is 5.73. The molecule has 0 fully saturated rings. The van der Waals surface area contributed by atoms with Crippen LogP contribution in [0.25, 0.3) is 0 Å². The Morgan fingerprint density at radius 1 is 0.842 bits per heavy atom. The van der Waals surface area contributed by atoms with Gasteiger partial charge in [-0.1, -0.05) is 65.2 Å². The van der Waals surface area contributed by atoms with Gasteiger partial charge >= 0.3 is 5.97 Å². The number of amides is 1. The topological polar surface area (TPSA) is 80.4 Å². The molecule has 0 aliphatic carbocycles. The molecule has 114 valence electrons. The molecule has 0 spiro atoms. The molecule has 0 aromatic rings. The molecule has 0 unspecified atom stereocenters. The lowest BCUT2D eigenvalue weighted by Crippen LogP contribution is -2.09. The van der Waals surface area contributed by atoms with Crippen molar-refractivity contribution in [2.75, 3.05) is 0 Å². The summed E-state index contributed by atoms with van der Waals surface area (Å²) in [5, 5.41) is 7.72. The minimum absolute atomic E-state index is 0.159. The van der Waals surface area contributed by atoms with Gasteiger partial charge in [0.25, 0.3) is 0 Å². The first-order valence-electron chi connectivity index (χ1n) is 7.54. The van der Waals surface area contributed by atoms with Crippen LogP contribution in [0.4, 0.5) is 0 Å². The molecule has 0 aromatic carbocycles. The van der Waals surface area contributed by atoms with E-state index >= 15 is 0 Å². The van der Waals surface area contributed by atoms with Crippen molar-refractivity contribution in [3.8, 4) is 0 Å². The SMILES string of the molecule is CCC(=O)O.CCCCCCCCCCCC(N)=O. The fraction of sp³-hybridized carbons (Fsp3) is 0.867. The van der Waals surface area contributed by atoms with E-state index in [2.05, 4.69) is 6.92 Å². The van der Waals surface area contributed by atoms with E-state index in [0.29, 0.717) is 6.42 Å². The fourth-order valence-corrected chi connectivity index (χ4v) is 1.61. The number of primary amides is 1. The van der Waals surface area contributed by atoms with Gasteiger partial charge in [-0.25, -0.2) is 0 Å². The van der Waals surface area contributed by atoms with Gasteiger partial charge in [0.05, 0.1) is 0 Å². The zero-order chi connectivity index (χ0) is 14.9. The highest BCUT2D eigenvalue weighted by atomic mass is 16.4. The second kappa shape index (κ2) is 16.9. The summed E-state index contributed by atoms with van der Waals surface area (Å²) in [5.74, 6) is -0.905. The normalized spacial score (nSPS) is 9.58. The van der Waals surface area contributed by atoms with Crippen LogP contribution in [-0.4, -0.2) is 17.0 Å². The number of carbonyl (C=O) groups is 2. The number of carboxylic acids is 1. The van der Waals surface area contributed by atoms with Crippen LogP contribution in [0.3, 0.4) is 0 Å². The molecular formula is C15H31NO3. The van der Waals surface area contributed by atoms with Gasteiger partial charge in [-0.05, 0) is 6.42 Å². The van der Waals surface area contributed by atoms with Gasteiger partial charge in [0.1, 0.15) is 0 Å². The Morgan fingerprint density at radius 2 is 1.21 bits per heavy atom. The smallest absolute Gasteiger partial charge is 0.303 e. The Morgan fingerprint density at radius 3 is 1.53 bits per heavy atom. The third-order valence-electron chi connectivity index (χ3n) is 2.83. The molecule has 0 bridgehead atoms. The van der Waals surface area contributed by atoms with E-state index in [-0.39, 0.29) is 12.3 Å². The summed E-state index contributed by atoms with van der Waals surface area (Å²) in [6.07, 6.45) is 12.3. The Kier molecular flexibility index (Phi) is 18.1. The molecule has 0 atom stereocenters. The van der Waals surface area contributed by atoms with E-state index in [1.807, 2.05) is 0 Å². The van der Waals surface area contributed by atoms with E-state index in [4.69, 9.17) is 10.8 Å². The lowest BCUT2D eigenvalue weighted by molar-refractivity contribution is -0.136. The Bertz CT molecular complexity index is 217. The van der Waals surface area contributed by atoms with Crippen LogP contribution in [0.15, 0.2) is 0 Å². The molecule has 0 heterocycles. The van der Waals surface area contributed by atoms with Gasteiger partial charge in [-0.3, -0.25) is 9.59 Å². The second-order valence-electron chi connectivity index (χ2n) is 4.79. The van der Waals surface area contributed by atoms with Crippen LogP contribution in [-0.2, 0) is 9.59 Å². The minimum Gasteiger partial charge on any atom is -0.481 e. The lowest BCUT2D eigenvalue weighted by Gasteiger charge is -2.00. The minimum atomic E-state index is -0.745. The Hall–Kier alpha value is -1.06. The summed E-state index contributed by atoms with van der Waals surface area (Å²) in [7, 11) is 0. The van der Waals surface area contributed by atoms with Crippen molar-refractivity contribution in [1.29, 1.82) is 0 Å². The van der Waals surface area contributed by atoms with Crippen molar-refractivity contribution in [3.63, 3.8) is 0 Å². The molecule has 0 saturated carbocycles. The van der Waals surface area contributed by atoms with Crippen molar-refractivity contribution >= 4 is 11.9 Å². The van der Waals surface area contributed by atoms with Crippen molar-refractivity contribution in [1.82, 2.24) is 0 Å². The predicted molar refractivity (Wildman–Crippen MR) is 79.0 cm³/mol. The largest absolute Gasteiger partial charge is 0.481 e. The van der Waals surface area contributed by atoms with Crippen LogP contribution < -0.4 is 5.73 Å². The van der Waals surface area contributed by atoms with Gasteiger partial charge < -0.3 is 10.8 Å². The Labute approximate surface area is 117 Å². The number of hydrogen-bond acceptors (Lipinski definition) is 2. The summed E-state index contributed by atoms with van der Waals surface area (Å²) < 4.78 is 0. The number of hydrogen-bond donors (Lipinski definition) is 2. The summed E-state index contributed by atoms with van der Waals surface area (Å²) in [6.45, 7) is 3.84. The average Bonchev–Trinajstić information content (AvgIpc) is 2.37. The van der Waals surface area contributed by atoms with Crippen molar-refractivity contribution in [3.05, 3.63) is 0 Å². The van der Waals surface area contributed by atoms with Crippen molar-refractivity contribution in [2.24, 2.45) is 5.73 Å². The number of aliphatic carboxylic acids is 1. The van der Waals surface area contributed by atoms with Gasteiger partial charge in [0.2, 0.25) is 5.91 Å². The zero-order valence-electron chi connectivity index (χ0n) is 12.6. The average molecular weight is 273 g/mol. The fourth-order valence-electron chi connectivity index (χ4n) is 1.61. The molecular weight excluding hydrogens is 242 g/mol. The number of unbranched alkanes of at least 4 members (excludes halogenated alkanes) is 8. The molecule has 1 amide bonds. The molecule has 3 N–H and O–H groups in total. The maximum Gasteiger partial charge on any atom is 0.303 e. The van der Waals surface area contributed by atoms with Crippen LogP contribution in [0.5, 0.6) is 0 Å². The number of rotatable bonds is 11. The number of carbonyl (C=O) groups excluding carboxylic acids is 1. The van der Waals surface area contributed by atoms with E-state index in [1.54, 1.807) is 6.92 Å². The van der Waals surface area contributed by atoms with Crippen molar-refractivity contribution < 1.29 is 14.7 Å². The molecule has 4 nitrogen and oxygen atoms in total. The monoisotopic (exact) mass is 273 g/mol. The molecule has 19 heavy (non-hydrogen) atoms. The lowest BCUT2D eigenvalue weighted by atomic mass is 10.1. The van der Waals surface area contributed by atoms with Crippen LogP contribution in [0.1, 0.15) is 84.5 Å². The Balaban J connectivity index is 0. The standard InChI is InChI=1S/C12H25NO.C3H6O2/c1-2-3-4-5-6-7-8-9-10-11-12(13)14;1-2-3(4)5/h2-11H2,1H3,(H2,13,14);2H2,1H3,(H,4,5). The highest BCUT2D eigenvalue weighted by Gasteiger charge is 1.94. The van der Waals surface area contributed by atoms with E-state index in [0.717, 1.165) is 12.8 Å². The molecule has 0 radical (unpaired) electrons. The van der Waals surface area contributed by atoms with Gasteiger partial charge in [0.15, 0.2) is 0 Å². The third-order valence-corrected chi connectivity index (χ3v) is 2.83. The van der Waals surface area contributed by atoms with Crippen LogP contribution in [0, 0.1) is 0 Å². The van der Waals surface area contributed by atoms with Gasteiger partial charge in [-0.15, -0.1) is 0 Å². The third kappa shape index (κ3) is 26.5. The van der Waals surface area contributed by atoms with E-state index in [9.17, 15) is 9.59 Å². The summed E-state index contributed by atoms with van der Waals surface area (Å²) >= 11 is 0. The number of carboxylic acid groups (broad SMARTS) is 1. The van der Waals surface area contributed by atoms with Crippen LogP contribution in [0.2, 0.25) is 0 Å². The molecule has 0 rings (SSSR count). The first kappa shape index (κ1) is 20.3.